The highest BCUT2D eigenvalue weighted by Crippen LogP contribution is 2.20. The Labute approximate surface area is 540 Å². The molecule has 5 rings (SSSR count). The van der Waals surface area contributed by atoms with Crippen LogP contribution in [0.5, 0.6) is 5.75 Å². The number of phenolic OH excluding ortho intramolecular Hbond substituents is 1. The number of fused-ring (bicyclic) bond motifs is 1. The van der Waals surface area contributed by atoms with E-state index in [0.29, 0.717) is 33.2 Å². The van der Waals surface area contributed by atoms with Crippen LogP contribution in [0.15, 0.2) is 120 Å². The third-order valence-corrected chi connectivity index (χ3v) is 14.6. The van der Waals surface area contributed by atoms with Crippen molar-refractivity contribution in [1.29, 1.82) is 0 Å². The summed E-state index contributed by atoms with van der Waals surface area (Å²) in [6.45, 7) is 1.72. The van der Waals surface area contributed by atoms with Crippen LogP contribution in [0.1, 0.15) is 68.2 Å². The maximum atomic E-state index is 14.5. The van der Waals surface area contributed by atoms with E-state index in [4.69, 9.17) is 34.4 Å². The van der Waals surface area contributed by atoms with Crippen LogP contribution in [0.25, 0.3) is 10.9 Å². The lowest BCUT2D eigenvalue weighted by Crippen LogP contribution is -2.61. The molecule has 0 saturated heterocycles. The van der Waals surface area contributed by atoms with Crippen LogP contribution in [0.4, 0.5) is 0 Å². The molecule has 0 aliphatic rings. The molecular weight excluding hydrogens is 1220 g/mol. The number of aromatic amines is 1. The number of hydrogen-bond acceptors (Lipinski definition) is 16. The van der Waals surface area contributed by atoms with Crippen LogP contribution in [0.3, 0.4) is 0 Å². The molecule has 0 saturated carbocycles. The van der Waals surface area contributed by atoms with Gasteiger partial charge in [0.05, 0.1) is 32.0 Å². The zero-order chi connectivity index (χ0) is 69.0. The summed E-state index contributed by atoms with van der Waals surface area (Å²) in [5.74, 6) is -12.4. The number of aliphatic imine (C=N–C) groups is 1. The molecule has 31 nitrogen and oxygen atoms in total. The number of amides is 12. The molecule has 0 spiro atoms. The van der Waals surface area contributed by atoms with Crippen molar-refractivity contribution in [3.8, 4) is 5.75 Å². The molecule has 4 aromatic carbocycles. The number of rotatable bonds is 38. The average Bonchev–Trinajstić information content (AvgIpc) is 1.69. The van der Waals surface area contributed by atoms with Gasteiger partial charge < -0.3 is 97.5 Å². The third-order valence-electron chi connectivity index (χ3n) is 14.6. The molecular formula is C63H83N17O14. The number of aromatic nitrogens is 1. The van der Waals surface area contributed by atoms with Gasteiger partial charge in [-0.3, -0.25) is 62.5 Å². The highest BCUT2D eigenvalue weighted by molar-refractivity contribution is 6.00. The number of phenols is 1. The number of aliphatic hydroxyl groups excluding tert-OH is 1. The number of primary amides is 3. The van der Waals surface area contributed by atoms with Gasteiger partial charge >= 0.3 is 0 Å². The second kappa shape index (κ2) is 36.8. The van der Waals surface area contributed by atoms with Crippen LogP contribution in [0.2, 0.25) is 0 Å². The number of carbonyl (C=O) groups excluding carboxylic acids is 12. The molecule has 5 aromatic rings. The quantitative estimate of drug-likeness (QED) is 0.0101. The summed E-state index contributed by atoms with van der Waals surface area (Å²) in [6, 6.07) is 16.0. The van der Waals surface area contributed by atoms with Crippen LogP contribution in [0, 0.1) is 5.92 Å². The molecule has 31 heteroatoms. The SMILES string of the molecule is CC(C)C[C@H](NC(=O)CNC(=O)[C@H](Cc1ccccc1)NC(=O)[C@H](CO)NC(=O)[C@H](CC(N)=O)NC(=O)C(Cc1c[nH]c2ccccc12)NC(=O)[C@H](CC(N)=O)NC(=O)[C@@H](N)Cc1ccc(O)cc1)C(=O)N[C@@H](CCCN=C(N)N)C(=O)N[C@@H](Cc1ccccc1)C(N)=O. The molecule has 504 valence electrons. The van der Waals surface area contributed by atoms with Gasteiger partial charge in [0.15, 0.2) is 5.96 Å². The molecule has 12 amide bonds. The Morgan fingerprint density at radius 2 is 0.947 bits per heavy atom. The number of carbonyl (C=O) groups is 12. The largest absolute Gasteiger partial charge is 0.508 e. The van der Waals surface area contributed by atoms with Crippen LogP contribution in [-0.2, 0) is 83.2 Å². The average molecular weight is 1300 g/mol. The summed E-state index contributed by atoms with van der Waals surface area (Å²) in [5, 5.41) is 43.1. The summed E-state index contributed by atoms with van der Waals surface area (Å²) in [4.78, 5) is 170. The van der Waals surface area contributed by atoms with Gasteiger partial charge in [0, 0.05) is 42.9 Å². The van der Waals surface area contributed by atoms with Crippen molar-refractivity contribution in [1.82, 2.24) is 52.8 Å². The summed E-state index contributed by atoms with van der Waals surface area (Å²) in [6.07, 6.45) is -0.457. The maximum absolute atomic E-state index is 14.5. The predicted octanol–water partition coefficient (Wildman–Crippen LogP) is -4.21. The van der Waals surface area contributed by atoms with Gasteiger partial charge in [-0.15, -0.1) is 0 Å². The summed E-state index contributed by atoms with van der Waals surface area (Å²) in [7, 11) is 0. The Morgan fingerprint density at radius 3 is 1.50 bits per heavy atom. The molecule has 1 heterocycles. The minimum absolute atomic E-state index is 0.0204. The first-order valence-corrected chi connectivity index (χ1v) is 30.1. The molecule has 0 fully saturated rings. The minimum atomic E-state index is -1.91. The summed E-state index contributed by atoms with van der Waals surface area (Å²) in [5.41, 5.74) is 36.7. The van der Waals surface area contributed by atoms with Crippen molar-refractivity contribution in [2.45, 2.75) is 126 Å². The first-order chi connectivity index (χ1) is 44.7. The first kappa shape index (κ1) is 73.8. The number of nitrogens with one attached hydrogen (secondary N) is 10. The van der Waals surface area contributed by atoms with E-state index in [1.807, 2.05) is 0 Å². The second-order valence-electron chi connectivity index (χ2n) is 22.7. The lowest BCUT2D eigenvalue weighted by molar-refractivity contribution is -0.136. The van der Waals surface area contributed by atoms with Gasteiger partial charge in [-0.25, -0.2) is 0 Å². The van der Waals surface area contributed by atoms with Crippen molar-refractivity contribution >= 4 is 87.7 Å². The van der Waals surface area contributed by atoms with Crippen LogP contribution in [-0.4, -0.2) is 166 Å². The van der Waals surface area contributed by atoms with Gasteiger partial charge in [-0.1, -0.05) is 105 Å². The number of hydrogen-bond donors (Lipinski definition) is 18. The third kappa shape index (κ3) is 24.7. The lowest BCUT2D eigenvalue weighted by Gasteiger charge is -2.27. The van der Waals surface area contributed by atoms with Crippen molar-refractivity contribution in [3.63, 3.8) is 0 Å². The topological polar surface area (TPSA) is 538 Å². The zero-order valence-electron chi connectivity index (χ0n) is 51.9. The molecule has 0 aliphatic carbocycles. The standard InChI is InChI=1S/C63H83N17O14/c1-34(2)24-45(58(90)74-43(18-11-23-70-63(68)69)57(89)75-44(54(67)86)26-35-12-5-3-6-13-35)73-53(85)32-72-56(88)46(27-36-14-7-4-8-15-36)77-62(94)50(33-81)80-61(93)49(30-52(66)84)79-59(91)47(28-38-31-71-42-17-10-9-16-40(38)42)78-60(92)48(29-51(65)83)76-55(87)41(64)25-37-19-21-39(82)22-20-37/h3-10,12-17,19-22,31,34,41,43-50,71,81-82H,11,18,23-30,32-33,64H2,1-2H3,(H2,65,83)(H2,66,84)(H2,67,86)(H,72,88)(H,73,85)(H,74,90)(H,75,89)(H,76,87)(H,77,94)(H,78,92)(H,79,91)(H,80,93)(H4,68,69,70)/t41-,43-,44-,45-,46-,47?,48-,49-,50-/m0/s1. The van der Waals surface area contributed by atoms with Crippen molar-refractivity contribution in [2.75, 3.05) is 19.7 Å². The van der Waals surface area contributed by atoms with Crippen molar-refractivity contribution in [3.05, 3.63) is 138 Å². The molecule has 94 heavy (non-hydrogen) atoms. The summed E-state index contributed by atoms with van der Waals surface area (Å²) >= 11 is 0. The highest BCUT2D eigenvalue weighted by Gasteiger charge is 2.36. The van der Waals surface area contributed by atoms with E-state index in [0.717, 1.165) is 0 Å². The number of aliphatic hydroxyl groups is 1. The molecule has 24 N–H and O–H groups in total. The van der Waals surface area contributed by atoms with E-state index < -0.39 is 151 Å². The Hall–Kier alpha value is -11.0. The molecule has 0 radical (unpaired) electrons. The van der Waals surface area contributed by atoms with Crippen LogP contribution < -0.4 is 82.3 Å². The van der Waals surface area contributed by atoms with Gasteiger partial charge in [0.1, 0.15) is 54.1 Å². The van der Waals surface area contributed by atoms with E-state index >= 15 is 0 Å². The number of benzene rings is 4. The van der Waals surface area contributed by atoms with Gasteiger partial charge in [0.2, 0.25) is 70.9 Å². The Bertz CT molecular complexity index is 3470. The lowest BCUT2D eigenvalue weighted by atomic mass is 10.0. The minimum Gasteiger partial charge on any atom is -0.508 e. The molecule has 1 unspecified atom stereocenters. The normalized spacial score (nSPS) is 13.9. The van der Waals surface area contributed by atoms with E-state index in [-0.39, 0.29) is 69.1 Å². The predicted molar refractivity (Wildman–Crippen MR) is 344 cm³/mol. The first-order valence-electron chi connectivity index (χ1n) is 30.1. The van der Waals surface area contributed by atoms with Gasteiger partial charge in [-0.2, -0.15) is 0 Å². The molecule has 0 aliphatic heterocycles. The number of H-pyrrole nitrogens is 1. The Balaban J connectivity index is 1.30. The van der Waals surface area contributed by atoms with E-state index in [1.165, 1.54) is 24.3 Å². The Morgan fingerprint density at radius 1 is 0.489 bits per heavy atom. The summed E-state index contributed by atoms with van der Waals surface area (Å²) < 4.78 is 0. The van der Waals surface area contributed by atoms with Crippen LogP contribution >= 0.6 is 0 Å². The fourth-order valence-corrected chi connectivity index (χ4v) is 9.78. The molecule has 9 atom stereocenters. The van der Waals surface area contributed by atoms with Crippen molar-refractivity contribution < 1.29 is 67.7 Å². The Kier molecular flexibility index (Phi) is 28.9. The monoisotopic (exact) mass is 1300 g/mol. The zero-order valence-corrected chi connectivity index (χ0v) is 51.9. The van der Waals surface area contributed by atoms with E-state index in [2.05, 4.69) is 57.8 Å². The van der Waals surface area contributed by atoms with Gasteiger partial charge in [0.25, 0.3) is 0 Å². The van der Waals surface area contributed by atoms with Crippen molar-refractivity contribution in [2.24, 2.45) is 45.3 Å². The van der Waals surface area contributed by atoms with Gasteiger partial charge in [-0.05, 0) is 72.1 Å². The second-order valence-corrected chi connectivity index (χ2v) is 22.7. The number of nitrogens with two attached hydrogens (primary N) is 6. The molecule has 0 bridgehead atoms. The number of nitrogens with zero attached hydrogens (tertiary/aromatic N) is 1. The highest BCUT2D eigenvalue weighted by atomic mass is 16.3. The van der Waals surface area contributed by atoms with E-state index in [9.17, 15) is 67.7 Å². The fourth-order valence-electron chi connectivity index (χ4n) is 9.78. The molecule has 1 aromatic heterocycles. The number of guanidine groups is 1. The number of para-hydroxylation sites is 1. The van der Waals surface area contributed by atoms with E-state index in [1.54, 1.807) is 105 Å². The maximum Gasteiger partial charge on any atom is 0.245 e. The smallest absolute Gasteiger partial charge is 0.245 e. The number of aromatic hydroxyl groups is 1. The fraction of sp³-hybridized carbons (Fsp3) is 0.381.